The van der Waals surface area contributed by atoms with E-state index in [1.54, 1.807) is 0 Å². The van der Waals surface area contributed by atoms with Crippen molar-refractivity contribution in [2.45, 2.75) is 43.9 Å². The molecule has 2 aromatic carbocycles. The van der Waals surface area contributed by atoms with Crippen molar-refractivity contribution in [1.29, 1.82) is 0 Å². The summed E-state index contributed by atoms with van der Waals surface area (Å²) in [5.41, 5.74) is 2.77. The third-order valence-electron chi connectivity index (χ3n) is 6.25. The summed E-state index contributed by atoms with van der Waals surface area (Å²) in [5.74, 6) is 0.676. The Balaban J connectivity index is 0.00000150. The van der Waals surface area contributed by atoms with Crippen molar-refractivity contribution >= 4 is 40.7 Å². The lowest BCUT2D eigenvalue weighted by Crippen LogP contribution is -2.55. The Labute approximate surface area is 195 Å². The number of hydrogen-bond donors (Lipinski definition) is 1. The molecule has 2 aliphatic rings. The number of piperidine rings is 2. The summed E-state index contributed by atoms with van der Waals surface area (Å²) < 4.78 is 1.16. The highest BCUT2D eigenvalue weighted by Gasteiger charge is 2.34. The molecule has 160 valence electrons. The molecule has 29 heavy (non-hydrogen) atoms. The van der Waals surface area contributed by atoms with Crippen LogP contribution in [-0.4, -0.2) is 53.2 Å². The molecule has 0 bridgehead atoms. The van der Waals surface area contributed by atoms with Crippen LogP contribution in [0.4, 0.5) is 0 Å². The molecular formula is C23H31BrCl2N2O. The Morgan fingerprint density at radius 1 is 0.862 bits per heavy atom. The van der Waals surface area contributed by atoms with Crippen LogP contribution >= 0.6 is 40.7 Å². The second kappa shape index (κ2) is 11.7. The van der Waals surface area contributed by atoms with Gasteiger partial charge in [0.15, 0.2) is 0 Å². The van der Waals surface area contributed by atoms with Crippen LogP contribution < -0.4 is 0 Å². The van der Waals surface area contributed by atoms with E-state index in [9.17, 15) is 5.11 Å². The highest BCUT2D eigenvalue weighted by atomic mass is 79.9. The first kappa shape index (κ1) is 24.6. The summed E-state index contributed by atoms with van der Waals surface area (Å²) in [7, 11) is 0. The first-order chi connectivity index (χ1) is 13.2. The van der Waals surface area contributed by atoms with Gasteiger partial charge in [-0.15, -0.1) is 24.8 Å². The van der Waals surface area contributed by atoms with E-state index in [1.165, 1.54) is 24.0 Å². The van der Waals surface area contributed by atoms with Crippen molar-refractivity contribution in [1.82, 2.24) is 9.80 Å². The maximum Gasteiger partial charge on any atom is 0.0822 e. The standard InChI is InChI=1S/C23H29BrN2O.2ClH/c24-21-9-5-4-8-20(21)16-25-13-12-22(23(27)17-25)26-14-10-19(11-15-26)18-6-2-1-3-7-18;;/h1-9,19,22-23,27H,10-17H2;2*1H/t22-,23-;;/m1../s1. The van der Waals surface area contributed by atoms with Gasteiger partial charge in [-0.2, -0.15) is 0 Å². The molecule has 0 saturated carbocycles. The molecule has 2 fully saturated rings. The Morgan fingerprint density at radius 3 is 2.17 bits per heavy atom. The maximum atomic E-state index is 10.8. The van der Waals surface area contributed by atoms with E-state index in [-0.39, 0.29) is 30.9 Å². The second-order valence-corrected chi connectivity index (χ2v) is 8.83. The molecule has 2 atom stereocenters. The van der Waals surface area contributed by atoms with Gasteiger partial charge in [-0.05, 0) is 55.5 Å². The molecule has 6 heteroatoms. The fourth-order valence-corrected chi connectivity index (χ4v) is 5.12. The Bertz CT molecular complexity index is 741. The molecule has 2 saturated heterocycles. The van der Waals surface area contributed by atoms with Crippen molar-refractivity contribution in [2.75, 3.05) is 26.2 Å². The van der Waals surface area contributed by atoms with Crippen LogP contribution in [0.25, 0.3) is 0 Å². The van der Waals surface area contributed by atoms with Gasteiger partial charge in [-0.3, -0.25) is 9.80 Å². The van der Waals surface area contributed by atoms with Crippen LogP contribution in [0.15, 0.2) is 59.1 Å². The third kappa shape index (κ3) is 6.19. The van der Waals surface area contributed by atoms with Crippen LogP contribution in [0.2, 0.25) is 0 Å². The zero-order chi connectivity index (χ0) is 18.6. The first-order valence-electron chi connectivity index (χ1n) is 10.1. The number of aliphatic hydroxyl groups excluding tert-OH is 1. The van der Waals surface area contributed by atoms with Crippen molar-refractivity contribution in [3.63, 3.8) is 0 Å². The zero-order valence-corrected chi connectivity index (χ0v) is 19.8. The Kier molecular flexibility index (Phi) is 9.93. The van der Waals surface area contributed by atoms with E-state index < -0.39 is 0 Å². The minimum Gasteiger partial charge on any atom is -0.390 e. The number of halogens is 3. The summed E-state index contributed by atoms with van der Waals surface area (Å²) in [6.45, 7) is 4.94. The number of rotatable bonds is 4. The van der Waals surface area contributed by atoms with E-state index in [0.717, 1.165) is 43.6 Å². The Hall–Kier alpha value is -0.620. The number of likely N-dealkylation sites (tertiary alicyclic amines) is 2. The summed E-state index contributed by atoms with van der Waals surface area (Å²) in [6, 6.07) is 19.6. The largest absolute Gasteiger partial charge is 0.390 e. The highest BCUT2D eigenvalue weighted by Crippen LogP contribution is 2.31. The van der Waals surface area contributed by atoms with E-state index in [1.807, 2.05) is 6.07 Å². The molecule has 0 spiro atoms. The van der Waals surface area contributed by atoms with Crippen molar-refractivity contribution in [3.05, 3.63) is 70.2 Å². The van der Waals surface area contributed by atoms with Gasteiger partial charge < -0.3 is 5.11 Å². The molecule has 2 heterocycles. The third-order valence-corrected chi connectivity index (χ3v) is 7.03. The summed E-state index contributed by atoms with van der Waals surface area (Å²) >= 11 is 3.64. The average molecular weight is 502 g/mol. The average Bonchev–Trinajstić information content (AvgIpc) is 2.71. The lowest BCUT2D eigenvalue weighted by molar-refractivity contribution is -0.0231. The normalized spacial score (nSPS) is 23.8. The number of aliphatic hydroxyl groups is 1. The molecule has 0 unspecified atom stereocenters. The van der Waals surface area contributed by atoms with Gasteiger partial charge in [-0.1, -0.05) is 64.5 Å². The van der Waals surface area contributed by atoms with Gasteiger partial charge >= 0.3 is 0 Å². The lowest BCUT2D eigenvalue weighted by atomic mass is 9.87. The molecule has 4 rings (SSSR count). The SMILES string of the molecule is Cl.Cl.O[C@@H]1CN(Cc2ccccc2Br)CC[C@H]1N1CCC(c2ccccc2)CC1. The smallest absolute Gasteiger partial charge is 0.0822 e. The van der Waals surface area contributed by atoms with Gasteiger partial charge in [-0.25, -0.2) is 0 Å². The number of nitrogens with zero attached hydrogens (tertiary/aromatic N) is 2. The van der Waals surface area contributed by atoms with Gasteiger partial charge in [0, 0.05) is 30.1 Å². The molecule has 0 amide bonds. The van der Waals surface area contributed by atoms with Crippen LogP contribution in [0.5, 0.6) is 0 Å². The Morgan fingerprint density at radius 2 is 1.52 bits per heavy atom. The highest BCUT2D eigenvalue weighted by molar-refractivity contribution is 9.10. The quantitative estimate of drug-likeness (QED) is 0.630. The van der Waals surface area contributed by atoms with E-state index >= 15 is 0 Å². The molecule has 1 N–H and O–H groups in total. The van der Waals surface area contributed by atoms with E-state index in [0.29, 0.717) is 12.0 Å². The van der Waals surface area contributed by atoms with Crippen molar-refractivity contribution < 1.29 is 5.11 Å². The topological polar surface area (TPSA) is 26.7 Å². The van der Waals surface area contributed by atoms with Crippen molar-refractivity contribution in [3.8, 4) is 0 Å². The first-order valence-corrected chi connectivity index (χ1v) is 10.9. The molecule has 0 radical (unpaired) electrons. The number of β-amino-alcohol motifs (C(OH)–C–C–N with tert-alkyl or cyclic N) is 1. The molecule has 0 aliphatic carbocycles. The lowest BCUT2D eigenvalue weighted by Gasteiger charge is -2.44. The predicted molar refractivity (Wildman–Crippen MR) is 128 cm³/mol. The number of hydrogen-bond acceptors (Lipinski definition) is 3. The van der Waals surface area contributed by atoms with Crippen LogP contribution in [-0.2, 0) is 6.54 Å². The molecule has 0 aromatic heterocycles. The maximum absolute atomic E-state index is 10.8. The molecule has 2 aliphatic heterocycles. The van der Waals surface area contributed by atoms with Gasteiger partial charge in [0.05, 0.1) is 6.10 Å². The fourth-order valence-electron chi connectivity index (χ4n) is 4.71. The second-order valence-electron chi connectivity index (χ2n) is 7.97. The minimum atomic E-state index is -0.255. The van der Waals surface area contributed by atoms with E-state index in [4.69, 9.17) is 0 Å². The van der Waals surface area contributed by atoms with Crippen molar-refractivity contribution in [2.24, 2.45) is 0 Å². The van der Waals surface area contributed by atoms with Crippen LogP contribution in [0, 0.1) is 0 Å². The minimum absolute atomic E-state index is 0. The molecular weight excluding hydrogens is 471 g/mol. The van der Waals surface area contributed by atoms with Gasteiger partial charge in [0.25, 0.3) is 0 Å². The molecule has 2 aromatic rings. The van der Waals surface area contributed by atoms with Crippen LogP contribution in [0.1, 0.15) is 36.3 Å². The monoisotopic (exact) mass is 500 g/mol. The fraction of sp³-hybridized carbons (Fsp3) is 0.478. The zero-order valence-electron chi connectivity index (χ0n) is 16.6. The van der Waals surface area contributed by atoms with E-state index in [2.05, 4.69) is 74.3 Å². The summed E-state index contributed by atoms with van der Waals surface area (Å²) in [5, 5.41) is 10.8. The summed E-state index contributed by atoms with van der Waals surface area (Å²) in [4.78, 5) is 4.93. The predicted octanol–water partition coefficient (Wildman–Crippen LogP) is 5.11. The van der Waals surface area contributed by atoms with Gasteiger partial charge in [0.2, 0.25) is 0 Å². The molecule has 3 nitrogen and oxygen atoms in total. The summed E-state index contributed by atoms with van der Waals surface area (Å²) in [6.07, 6.45) is 3.21. The number of benzene rings is 2. The van der Waals surface area contributed by atoms with Gasteiger partial charge in [0.1, 0.15) is 0 Å². The van der Waals surface area contributed by atoms with Crippen LogP contribution in [0.3, 0.4) is 0 Å².